The van der Waals surface area contributed by atoms with Gasteiger partial charge in [0.25, 0.3) is 0 Å². The predicted molar refractivity (Wildman–Crippen MR) is 92.4 cm³/mol. The van der Waals surface area contributed by atoms with Crippen LogP contribution in [0.3, 0.4) is 0 Å². The minimum atomic E-state index is -3.51. The van der Waals surface area contributed by atoms with Crippen LogP contribution in [0.25, 0.3) is 0 Å². The van der Waals surface area contributed by atoms with Gasteiger partial charge in [-0.3, -0.25) is 4.90 Å². The number of aryl methyl sites for hydroxylation is 2. The molecule has 1 heterocycles. The average Bonchev–Trinajstić information content (AvgIpc) is 2.51. The molecule has 6 heteroatoms. The summed E-state index contributed by atoms with van der Waals surface area (Å²) in [5.74, 6) is 0. The number of nitrogens with one attached hydrogen (secondary N) is 1. The first-order valence-electron chi connectivity index (χ1n) is 8.13. The van der Waals surface area contributed by atoms with Crippen LogP contribution < -0.4 is 4.72 Å². The molecule has 5 nitrogen and oxygen atoms in total. The quantitative estimate of drug-likeness (QED) is 0.890. The number of rotatable bonds is 5. The van der Waals surface area contributed by atoms with Crippen LogP contribution in [0.5, 0.6) is 0 Å². The molecule has 0 spiro atoms. The maximum Gasteiger partial charge on any atom is 0.241 e. The maximum atomic E-state index is 12.8. The fourth-order valence-corrected chi connectivity index (χ4v) is 4.77. The molecule has 0 bridgehead atoms. The van der Waals surface area contributed by atoms with E-state index in [0.717, 1.165) is 35.3 Å². The highest BCUT2D eigenvalue weighted by Crippen LogP contribution is 2.25. The van der Waals surface area contributed by atoms with Crippen molar-refractivity contribution in [3.63, 3.8) is 0 Å². The van der Waals surface area contributed by atoms with E-state index in [1.165, 1.54) is 0 Å². The van der Waals surface area contributed by atoms with Crippen LogP contribution in [0.15, 0.2) is 11.0 Å². The van der Waals surface area contributed by atoms with E-state index in [-0.39, 0.29) is 6.04 Å². The fraction of sp³-hybridized carbons (Fsp3) is 0.647. The van der Waals surface area contributed by atoms with E-state index < -0.39 is 10.0 Å². The number of sulfonamides is 1. The fourth-order valence-electron chi connectivity index (χ4n) is 3.03. The summed E-state index contributed by atoms with van der Waals surface area (Å²) in [5.41, 5.74) is 3.68. The molecular formula is C17H28N2O3S. The molecule has 2 rings (SSSR count). The number of nitrogens with zero attached hydrogens (tertiary/aromatic N) is 1. The summed E-state index contributed by atoms with van der Waals surface area (Å²) >= 11 is 0. The van der Waals surface area contributed by atoms with Crippen molar-refractivity contribution in [1.82, 2.24) is 9.62 Å². The first-order chi connectivity index (χ1) is 10.7. The van der Waals surface area contributed by atoms with Crippen LogP contribution >= 0.6 is 0 Å². The van der Waals surface area contributed by atoms with Crippen LogP contribution in [0, 0.1) is 27.7 Å². The number of morpholine rings is 1. The second-order valence-electron chi connectivity index (χ2n) is 6.44. The summed E-state index contributed by atoms with van der Waals surface area (Å²) in [6.07, 6.45) is 0. The smallest absolute Gasteiger partial charge is 0.241 e. The summed E-state index contributed by atoms with van der Waals surface area (Å²) in [6.45, 7) is 13.3. The Morgan fingerprint density at radius 2 is 1.65 bits per heavy atom. The molecule has 0 amide bonds. The maximum absolute atomic E-state index is 12.8. The topological polar surface area (TPSA) is 58.6 Å². The van der Waals surface area contributed by atoms with Gasteiger partial charge in [0.2, 0.25) is 10.0 Å². The number of ether oxygens (including phenoxy) is 1. The van der Waals surface area contributed by atoms with Crippen molar-refractivity contribution >= 4 is 10.0 Å². The van der Waals surface area contributed by atoms with Gasteiger partial charge in [-0.15, -0.1) is 0 Å². The highest BCUT2D eigenvalue weighted by Gasteiger charge is 2.24. The summed E-state index contributed by atoms with van der Waals surface area (Å²) in [6, 6.07) is 2.19. The normalized spacial score (nSPS) is 18.1. The molecule has 1 aliphatic rings. The summed E-state index contributed by atoms with van der Waals surface area (Å²) in [7, 11) is -3.51. The molecule has 0 aliphatic carbocycles. The molecule has 1 N–H and O–H groups in total. The van der Waals surface area contributed by atoms with Gasteiger partial charge in [-0.05, 0) is 56.9 Å². The van der Waals surface area contributed by atoms with E-state index in [1.54, 1.807) is 0 Å². The van der Waals surface area contributed by atoms with Crippen molar-refractivity contribution in [2.24, 2.45) is 0 Å². The van der Waals surface area contributed by atoms with Crippen LogP contribution in [0.2, 0.25) is 0 Å². The Labute approximate surface area is 140 Å². The third kappa shape index (κ3) is 4.12. The molecular weight excluding hydrogens is 312 g/mol. The number of hydrogen-bond donors (Lipinski definition) is 1. The molecule has 0 radical (unpaired) electrons. The second-order valence-corrected chi connectivity index (χ2v) is 8.14. The van der Waals surface area contributed by atoms with Crippen LogP contribution in [-0.2, 0) is 14.8 Å². The molecule has 1 saturated heterocycles. The Hall–Kier alpha value is -0.950. The Bertz CT molecular complexity index is 639. The predicted octanol–water partition coefficient (Wildman–Crippen LogP) is 1.92. The van der Waals surface area contributed by atoms with Gasteiger partial charge in [0.1, 0.15) is 0 Å². The van der Waals surface area contributed by atoms with E-state index in [4.69, 9.17) is 4.74 Å². The number of hydrogen-bond acceptors (Lipinski definition) is 4. The van der Waals surface area contributed by atoms with Crippen molar-refractivity contribution in [2.45, 2.75) is 45.6 Å². The van der Waals surface area contributed by atoms with Gasteiger partial charge in [-0.1, -0.05) is 6.07 Å². The molecule has 1 atom stereocenters. The van der Waals surface area contributed by atoms with Crippen molar-refractivity contribution in [3.8, 4) is 0 Å². The monoisotopic (exact) mass is 340 g/mol. The van der Waals surface area contributed by atoms with Crippen LogP contribution in [-0.4, -0.2) is 52.2 Å². The van der Waals surface area contributed by atoms with Crippen LogP contribution in [0.1, 0.15) is 29.2 Å². The molecule has 1 fully saturated rings. The van der Waals surface area contributed by atoms with Gasteiger partial charge in [0.05, 0.1) is 18.1 Å². The highest BCUT2D eigenvalue weighted by molar-refractivity contribution is 7.89. The molecule has 1 unspecified atom stereocenters. The van der Waals surface area contributed by atoms with Crippen molar-refractivity contribution < 1.29 is 13.2 Å². The van der Waals surface area contributed by atoms with E-state index in [9.17, 15) is 8.42 Å². The minimum absolute atomic E-state index is 0.153. The molecule has 1 aliphatic heterocycles. The Kier molecular flexibility index (Phi) is 5.84. The molecule has 1 aromatic rings. The van der Waals surface area contributed by atoms with E-state index in [2.05, 4.69) is 16.5 Å². The van der Waals surface area contributed by atoms with Gasteiger partial charge in [-0.2, -0.15) is 0 Å². The molecule has 0 saturated carbocycles. The van der Waals surface area contributed by atoms with E-state index >= 15 is 0 Å². The third-order valence-corrected chi connectivity index (χ3v) is 6.50. The lowest BCUT2D eigenvalue weighted by atomic mass is 10.0. The van der Waals surface area contributed by atoms with Crippen LogP contribution in [0.4, 0.5) is 0 Å². The van der Waals surface area contributed by atoms with Crippen molar-refractivity contribution in [2.75, 3.05) is 32.8 Å². The van der Waals surface area contributed by atoms with Gasteiger partial charge in [-0.25, -0.2) is 13.1 Å². The standard InChI is InChI=1S/C17H28N2O3S/c1-12-10-13(2)16(5)17(15(12)4)23(20,21)18-11-14(3)19-6-8-22-9-7-19/h10,14,18H,6-9,11H2,1-5H3. The van der Waals surface area contributed by atoms with Gasteiger partial charge in [0.15, 0.2) is 0 Å². The lowest BCUT2D eigenvalue weighted by Gasteiger charge is -2.32. The van der Waals surface area contributed by atoms with E-state index in [1.807, 2.05) is 33.8 Å². The Morgan fingerprint density at radius 1 is 1.13 bits per heavy atom. The number of benzene rings is 1. The summed E-state index contributed by atoms with van der Waals surface area (Å²) < 4.78 is 33.8. The van der Waals surface area contributed by atoms with Crippen molar-refractivity contribution in [3.05, 3.63) is 28.3 Å². The lowest BCUT2D eigenvalue weighted by Crippen LogP contribution is -2.47. The second kappa shape index (κ2) is 7.30. The van der Waals surface area contributed by atoms with Gasteiger partial charge < -0.3 is 4.74 Å². The molecule has 23 heavy (non-hydrogen) atoms. The largest absolute Gasteiger partial charge is 0.379 e. The SMILES string of the molecule is Cc1cc(C)c(C)c(S(=O)(=O)NCC(C)N2CCOCC2)c1C. The molecule has 1 aromatic carbocycles. The zero-order chi connectivity index (χ0) is 17.2. The first-order valence-corrected chi connectivity index (χ1v) is 9.61. The van der Waals surface area contributed by atoms with Crippen molar-refractivity contribution in [1.29, 1.82) is 0 Å². The third-order valence-electron chi connectivity index (χ3n) is 4.80. The zero-order valence-corrected chi connectivity index (χ0v) is 15.6. The summed E-state index contributed by atoms with van der Waals surface area (Å²) in [5, 5.41) is 0. The molecule has 130 valence electrons. The zero-order valence-electron chi connectivity index (χ0n) is 14.8. The molecule has 0 aromatic heterocycles. The lowest BCUT2D eigenvalue weighted by molar-refractivity contribution is 0.0213. The Morgan fingerprint density at radius 3 is 2.17 bits per heavy atom. The van der Waals surface area contributed by atoms with Gasteiger partial charge in [0, 0.05) is 25.7 Å². The van der Waals surface area contributed by atoms with Gasteiger partial charge >= 0.3 is 0 Å². The highest BCUT2D eigenvalue weighted by atomic mass is 32.2. The average molecular weight is 340 g/mol. The van der Waals surface area contributed by atoms with E-state index in [0.29, 0.717) is 24.7 Å². The first kappa shape index (κ1) is 18.4. The minimum Gasteiger partial charge on any atom is -0.379 e. The Balaban J connectivity index is 2.16. The summed E-state index contributed by atoms with van der Waals surface area (Å²) in [4.78, 5) is 2.69.